The minimum absolute atomic E-state index is 0.0824. The van der Waals surface area contributed by atoms with Crippen molar-refractivity contribution in [3.63, 3.8) is 0 Å². The van der Waals surface area contributed by atoms with E-state index in [2.05, 4.69) is 6.07 Å². The van der Waals surface area contributed by atoms with E-state index in [0.29, 0.717) is 17.1 Å². The highest BCUT2D eigenvalue weighted by atomic mass is 16.7. The summed E-state index contributed by atoms with van der Waals surface area (Å²) >= 11 is 0. The Kier molecular flexibility index (Phi) is 3.57. The first kappa shape index (κ1) is 13.2. The molecule has 104 valence electrons. The molecule has 1 unspecified atom stereocenters. The number of carbonyl (C=O) groups excluding carboxylic acids is 1. The second-order valence-corrected chi connectivity index (χ2v) is 4.76. The van der Waals surface area contributed by atoms with Gasteiger partial charge in [-0.2, -0.15) is 5.26 Å². The predicted molar refractivity (Wildman–Crippen MR) is 76.3 cm³/mol. The van der Waals surface area contributed by atoms with Crippen LogP contribution in [0.4, 0.5) is 0 Å². The van der Waals surface area contributed by atoms with E-state index in [4.69, 9.17) is 14.7 Å². The Labute approximate surface area is 122 Å². The number of Topliss-reactive ketones (excluding diaryl/α,β-unsaturated/α-hetero) is 1. The Morgan fingerprint density at radius 3 is 2.67 bits per heavy atom. The van der Waals surface area contributed by atoms with Crippen LogP contribution in [0.25, 0.3) is 0 Å². The van der Waals surface area contributed by atoms with Crippen molar-refractivity contribution < 1.29 is 14.3 Å². The molecule has 4 nitrogen and oxygen atoms in total. The highest BCUT2D eigenvalue weighted by Crippen LogP contribution is 2.34. The van der Waals surface area contributed by atoms with Crippen LogP contribution in [0.5, 0.6) is 11.5 Å². The van der Waals surface area contributed by atoms with Gasteiger partial charge in [-0.15, -0.1) is 0 Å². The summed E-state index contributed by atoms with van der Waals surface area (Å²) in [6.45, 7) is 0.174. The van der Waals surface area contributed by atoms with Crippen molar-refractivity contribution in [3.8, 4) is 17.6 Å². The summed E-state index contributed by atoms with van der Waals surface area (Å²) in [4.78, 5) is 12.7. The molecule has 0 saturated heterocycles. The van der Waals surface area contributed by atoms with Crippen molar-refractivity contribution >= 4 is 5.78 Å². The average Bonchev–Trinajstić information content (AvgIpc) is 3.00. The maximum absolute atomic E-state index is 12.7. The third-order valence-electron chi connectivity index (χ3n) is 3.47. The molecule has 2 aromatic carbocycles. The number of ether oxygens (including phenoxy) is 2. The molecule has 3 rings (SSSR count). The quantitative estimate of drug-likeness (QED) is 0.806. The summed E-state index contributed by atoms with van der Waals surface area (Å²) in [5.74, 6) is 0.672. The van der Waals surface area contributed by atoms with Gasteiger partial charge in [0, 0.05) is 12.0 Å². The maximum Gasteiger partial charge on any atom is 0.231 e. The summed E-state index contributed by atoms with van der Waals surface area (Å²) in [5, 5.41) is 9.00. The van der Waals surface area contributed by atoms with Crippen molar-refractivity contribution in [3.05, 3.63) is 59.7 Å². The van der Waals surface area contributed by atoms with E-state index < -0.39 is 5.92 Å². The Balaban J connectivity index is 1.93. The zero-order chi connectivity index (χ0) is 14.7. The van der Waals surface area contributed by atoms with Crippen LogP contribution in [-0.2, 0) is 0 Å². The molecule has 4 heteroatoms. The monoisotopic (exact) mass is 279 g/mol. The second kappa shape index (κ2) is 5.68. The van der Waals surface area contributed by atoms with Crippen LogP contribution in [-0.4, -0.2) is 12.6 Å². The van der Waals surface area contributed by atoms with E-state index in [1.807, 2.05) is 30.3 Å². The average molecular weight is 279 g/mol. The summed E-state index contributed by atoms with van der Waals surface area (Å²) < 4.78 is 10.5. The molecule has 0 aliphatic carbocycles. The number of rotatable bonds is 4. The number of hydrogen-bond acceptors (Lipinski definition) is 4. The molecule has 0 aromatic heterocycles. The minimum Gasteiger partial charge on any atom is -0.454 e. The number of nitrogens with zero attached hydrogens (tertiary/aromatic N) is 1. The Morgan fingerprint density at radius 2 is 1.90 bits per heavy atom. The fourth-order valence-electron chi connectivity index (χ4n) is 2.39. The molecule has 1 aliphatic rings. The van der Waals surface area contributed by atoms with Gasteiger partial charge in [0.2, 0.25) is 6.79 Å². The van der Waals surface area contributed by atoms with Gasteiger partial charge >= 0.3 is 0 Å². The molecule has 0 radical (unpaired) electrons. The lowest BCUT2D eigenvalue weighted by atomic mass is 9.88. The first-order chi connectivity index (χ1) is 10.3. The molecule has 1 atom stereocenters. The zero-order valence-electron chi connectivity index (χ0n) is 11.3. The molecule has 0 amide bonds. The van der Waals surface area contributed by atoms with Crippen molar-refractivity contribution in [2.75, 3.05) is 6.79 Å². The number of carbonyl (C=O) groups is 1. The first-order valence-electron chi connectivity index (χ1n) is 6.65. The lowest BCUT2D eigenvalue weighted by Gasteiger charge is -2.13. The molecule has 2 aromatic rings. The molecular formula is C17H13NO3. The number of nitriles is 1. The summed E-state index contributed by atoms with van der Waals surface area (Å²) in [6.07, 6.45) is 0.150. The van der Waals surface area contributed by atoms with Crippen LogP contribution < -0.4 is 9.47 Å². The number of hydrogen-bond donors (Lipinski definition) is 0. The lowest BCUT2D eigenvalue weighted by molar-refractivity contribution is 0.0960. The standard InChI is InChI=1S/C17H13NO3/c18-9-8-14(12-4-2-1-3-5-12)17(19)13-6-7-15-16(10-13)21-11-20-15/h1-7,10,14H,8,11H2. The van der Waals surface area contributed by atoms with Crippen LogP contribution in [0.3, 0.4) is 0 Å². The van der Waals surface area contributed by atoms with Gasteiger partial charge in [0.15, 0.2) is 17.3 Å². The maximum atomic E-state index is 12.7. The Bertz CT molecular complexity index is 704. The summed E-state index contributed by atoms with van der Waals surface area (Å²) in [6, 6.07) is 16.6. The van der Waals surface area contributed by atoms with Gasteiger partial charge in [-0.05, 0) is 23.8 Å². The molecule has 0 fully saturated rings. The Morgan fingerprint density at radius 1 is 1.14 bits per heavy atom. The van der Waals surface area contributed by atoms with Crippen LogP contribution in [0, 0.1) is 11.3 Å². The zero-order valence-corrected chi connectivity index (χ0v) is 11.3. The smallest absolute Gasteiger partial charge is 0.231 e. The molecule has 0 N–H and O–H groups in total. The largest absolute Gasteiger partial charge is 0.454 e. The normalized spacial score (nSPS) is 13.5. The van der Waals surface area contributed by atoms with E-state index in [-0.39, 0.29) is 19.0 Å². The van der Waals surface area contributed by atoms with Gasteiger partial charge in [0.1, 0.15) is 0 Å². The van der Waals surface area contributed by atoms with Gasteiger partial charge in [-0.3, -0.25) is 4.79 Å². The highest BCUT2D eigenvalue weighted by Gasteiger charge is 2.24. The Hall–Kier alpha value is -2.80. The molecule has 0 saturated carbocycles. The summed E-state index contributed by atoms with van der Waals surface area (Å²) in [5.41, 5.74) is 1.38. The van der Waals surface area contributed by atoms with E-state index >= 15 is 0 Å². The molecule has 21 heavy (non-hydrogen) atoms. The van der Waals surface area contributed by atoms with E-state index in [9.17, 15) is 4.79 Å². The van der Waals surface area contributed by atoms with Crippen molar-refractivity contribution in [1.82, 2.24) is 0 Å². The summed E-state index contributed by atoms with van der Waals surface area (Å²) in [7, 11) is 0. The molecule has 1 heterocycles. The molecular weight excluding hydrogens is 266 g/mol. The number of ketones is 1. The molecule has 0 bridgehead atoms. The first-order valence-corrected chi connectivity index (χ1v) is 6.65. The van der Waals surface area contributed by atoms with Gasteiger partial charge < -0.3 is 9.47 Å². The van der Waals surface area contributed by atoms with Gasteiger partial charge in [-0.25, -0.2) is 0 Å². The van der Waals surface area contributed by atoms with Crippen molar-refractivity contribution in [2.45, 2.75) is 12.3 Å². The van der Waals surface area contributed by atoms with Crippen molar-refractivity contribution in [1.29, 1.82) is 5.26 Å². The molecule has 1 aliphatic heterocycles. The number of benzene rings is 2. The SMILES string of the molecule is N#CCC(C(=O)c1ccc2c(c1)OCO2)c1ccccc1. The van der Waals surface area contributed by atoms with Crippen LogP contribution >= 0.6 is 0 Å². The topological polar surface area (TPSA) is 59.3 Å². The van der Waals surface area contributed by atoms with Crippen LogP contribution in [0.15, 0.2) is 48.5 Å². The van der Waals surface area contributed by atoms with Gasteiger partial charge in [-0.1, -0.05) is 30.3 Å². The predicted octanol–water partition coefficient (Wildman–Crippen LogP) is 3.30. The van der Waals surface area contributed by atoms with Crippen LogP contribution in [0.1, 0.15) is 28.3 Å². The van der Waals surface area contributed by atoms with E-state index in [1.54, 1.807) is 18.2 Å². The van der Waals surface area contributed by atoms with Gasteiger partial charge in [0.25, 0.3) is 0 Å². The van der Waals surface area contributed by atoms with Gasteiger partial charge in [0.05, 0.1) is 12.0 Å². The third kappa shape index (κ3) is 2.59. The fourth-order valence-corrected chi connectivity index (χ4v) is 2.39. The fraction of sp³-hybridized carbons (Fsp3) is 0.176. The second-order valence-electron chi connectivity index (χ2n) is 4.76. The van der Waals surface area contributed by atoms with Crippen LogP contribution in [0.2, 0.25) is 0 Å². The number of fused-ring (bicyclic) bond motifs is 1. The molecule has 0 spiro atoms. The third-order valence-corrected chi connectivity index (χ3v) is 3.47. The van der Waals surface area contributed by atoms with Crippen molar-refractivity contribution in [2.24, 2.45) is 0 Å². The highest BCUT2D eigenvalue weighted by molar-refractivity contribution is 6.01. The van der Waals surface area contributed by atoms with E-state index in [1.165, 1.54) is 0 Å². The van der Waals surface area contributed by atoms with E-state index in [0.717, 1.165) is 5.56 Å². The lowest BCUT2D eigenvalue weighted by Crippen LogP contribution is -2.12. The minimum atomic E-state index is -0.462.